The first-order chi connectivity index (χ1) is 13.0. The zero-order valence-corrected chi connectivity index (χ0v) is 15.5. The first kappa shape index (κ1) is 18.8. The van der Waals surface area contributed by atoms with Crippen LogP contribution in [0.25, 0.3) is 11.8 Å². The zero-order chi connectivity index (χ0) is 19.2. The minimum absolute atomic E-state index is 0.156. The Morgan fingerprint density at radius 3 is 2.56 bits per heavy atom. The topological polar surface area (TPSA) is 90.2 Å². The number of hydrogen-bond acceptors (Lipinski definition) is 6. The third-order valence-electron chi connectivity index (χ3n) is 4.63. The summed E-state index contributed by atoms with van der Waals surface area (Å²) in [6.07, 6.45) is 3.59. The summed E-state index contributed by atoms with van der Waals surface area (Å²) >= 11 is 0. The summed E-state index contributed by atoms with van der Waals surface area (Å²) in [6.45, 7) is 4.98. The van der Waals surface area contributed by atoms with Gasteiger partial charge in [0, 0.05) is 13.1 Å². The van der Waals surface area contributed by atoms with Crippen LogP contribution in [0.3, 0.4) is 0 Å². The summed E-state index contributed by atoms with van der Waals surface area (Å²) in [4.78, 5) is 26.7. The predicted molar refractivity (Wildman–Crippen MR) is 99.1 cm³/mol. The number of aromatic nitrogens is 4. The van der Waals surface area contributed by atoms with Crippen LogP contribution in [0.15, 0.2) is 30.3 Å². The van der Waals surface area contributed by atoms with Gasteiger partial charge >= 0.3 is 5.97 Å². The molecule has 8 nitrogen and oxygen atoms in total. The predicted octanol–water partition coefficient (Wildman–Crippen LogP) is 1.78. The standard InChI is InChI=1S/C19H23N5O3/c1-14-8-10-23(11-9-14)18(25)13-27-19(26)17(24-15(2)20-21-22-24)12-16-6-4-3-5-7-16/h3-7,12,14H,8-11,13H2,1-2H3/b17-12-. The summed E-state index contributed by atoms with van der Waals surface area (Å²) in [5, 5.41) is 11.2. The van der Waals surface area contributed by atoms with Gasteiger partial charge in [-0.1, -0.05) is 37.3 Å². The second-order valence-corrected chi connectivity index (χ2v) is 6.72. The van der Waals surface area contributed by atoms with Crippen LogP contribution < -0.4 is 0 Å². The number of piperidine rings is 1. The molecule has 1 aliphatic rings. The zero-order valence-electron chi connectivity index (χ0n) is 15.5. The number of hydrogen-bond donors (Lipinski definition) is 0. The number of aryl methyl sites for hydroxylation is 1. The second-order valence-electron chi connectivity index (χ2n) is 6.72. The molecule has 0 spiro atoms. The van der Waals surface area contributed by atoms with Gasteiger partial charge in [0.2, 0.25) is 0 Å². The Bertz CT molecular complexity index is 823. The lowest BCUT2D eigenvalue weighted by Gasteiger charge is -2.30. The van der Waals surface area contributed by atoms with E-state index in [-0.39, 0.29) is 18.2 Å². The van der Waals surface area contributed by atoms with Gasteiger partial charge in [-0.05, 0) is 47.7 Å². The molecule has 142 valence electrons. The van der Waals surface area contributed by atoms with Gasteiger partial charge < -0.3 is 9.64 Å². The van der Waals surface area contributed by atoms with Crippen molar-refractivity contribution in [2.75, 3.05) is 19.7 Å². The molecule has 1 aromatic heterocycles. The summed E-state index contributed by atoms with van der Waals surface area (Å²) in [5.41, 5.74) is 0.958. The molecule has 0 bridgehead atoms. The number of carbonyl (C=O) groups is 2. The second kappa shape index (κ2) is 8.57. The molecule has 27 heavy (non-hydrogen) atoms. The van der Waals surface area contributed by atoms with E-state index >= 15 is 0 Å². The van der Waals surface area contributed by atoms with E-state index in [0.29, 0.717) is 24.8 Å². The van der Waals surface area contributed by atoms with Crippen molar-refractivity contribution in [2.45, 2.75) is 26.7 Å². The maximum atomic E-state index is 12.7. The van der Waals surface area contributed by atoms with Crippen LogP contribution in [-0.4, -0.2) is 56.7 Å². The fourth-order valence-electron chi connectivity index (χ4n) is 2.92. The molecule has 0 unspecified atom stereocenters. The average molecular weight is 369 g/mol. The molecule has 2 heterocycles. The van der Waals surface area contributed by atoms with Gasteiger partial charge in [0.15, 0.2) is 18.1 Å². The monoisotopic (exact) mass is 369 g/mol. The van der Waals surface area contributed by atoms with E-state index in [1.165, 1.54) is 4.68 Å². The van der Waals surface area contributed by atoms with E-state index in [2.05, 4.69) is 22.4 Å². The third-order valence-corrected chi connectivity index (χ3v) is 4.63. The molecule has 0 N–H and O–H groups in total. The van der Waals surface area contributed by atoms with Crippen LogP contribution in [0.1, 0.15) is 31.2 Å². The van der Waals surface area contributed by atoms with Crippen molar-refractivity contribution in [1.29, 1.82) is 0 Å². The molecule has 1 saturated heterocycles. The number of esters is 1. The van der Waals surface area contributed by atoms with Gasteiger partial charge in [-0.25, -0.2) is 4.79 Å². The molecule has 1 fully saturated rings. The van der Waals surface area contributed by atoms with Crippen LogP contribution >= 0.6 is 0 Å². The van der Waals surface area contributed by atoms with E-state index < -0.39 is 5.97 Å². The van der Waals surface area contributed by atoms with Crippen LogP contribution in [-0.2, 0) is 14.3 Å². The highest BCUT2D eigenvalue weighted by molar-refractivity contribution is 6.15. The van der Waals surface area contributed by atoms with Crippen molar-refractivity contribution in [1.82, 2.24) is 25.1 Å². The summed E-state index contributed by atoms with van der Waals surface area (Å²) in [7, 11) is 0. The fraction of sp³-hybridized carbons (Fsp3) is 0.421. The van der Waals surface area contributed by atoms with Crippen molar-refractivity contribution in [3.8, 4) is 0 Å². The van der Waals surface area contributed by atoms with Crippen LogP contribution in [0, 0.1) is 12.8 Å². The molecule has 8 heteroatoms. The first-order valence-corrected chi connectivity index (χ1v) is 9.01. The normalized spacial score (nSPS) is 15.6. The van der Waals surface area contributed by atoms with E-state index in [4.69, 9.17) is 4.74 Å². The third kappa shape index (κ3) is 4.78. The van der Waals surface area contributed by atoms with Crippen molar-refractivity contribution in [3.05, 3.63) is 41.7 Å². The number of carbonyl (C=O) groups excluding carboxylic acids is 2. The number of tetrazole rings is 1. The summed E-state index contributed by atoms with van der Waals surface area (Å²) in [5.74, 6) is 0.251. The SMILES string of the molecule is Cc1nnnn1/C(=C\c1ccccc1)C(=O)OCC(=O)N1CCC(C)CC1. The highest BCUT2D eigenvalue weighted by Crippen LogP contribution is 2.17. The smallest absolute Gasteiger partial charge is 0.357 e. The number of nitrogens with zero attached hydrogens (tertiary/aromatic N) is 5. The molecule has 0 radical (unpaired) electrons. The Kier molecular flexibility index (Phi) is 5.95. The lowest BCUT2D eigenvalue weighted by molar-refractivity contribution is -0.148. The minimum atomic E-state index is -0.645. The van der Waals surface area contributed by atoms with E-state index in [1.807, 2.05) is 30.3 Å². The molecule has 0 atom stereocenters. The van der Waals surface area contributed by atoms with E-state index in [9.17, 15) is 9.59 Å². The highest BCUT2D eigenvalue weighted by Gasteiger charge is 2.23. The van der Waals surface area contributed by atoms with Crippen molar-refractivity contribution in [3.63, 3.8) is 0 Å². The molecular weight excluding hydrogens is 346 g/mol. The van der Waals surface area contributed by atoms with Crippen molar-refractivity contribution < 1.29 is 14.3 Å². The fourth-order valence-corrected chi connectivity index (χ4v) is 2.92. The van der Waals surface area contributed by atoms with Gasteiger partial charge in [0.05, 0.1) is 0 Å². The molecule has 0 aliphatic carbocycles. The number of rotatable bonds is 5. The summed E-state index contributed by atoms with van der Waals surface area (Å²) < 4.78 is 6.59. The molecule has 1 aliphatic heterocycles. The number of likely N-dealkylation sites (tertiary alicyclic amines) is 1. The molecule has 1 aromatic carbocycles. The van der Waals surface area contributed by atoms with Crippen molar-refractivity contribution in [2.24, 2.45) is 5.92 Å². The quantitative estimate of drug-likeness (QED) is 0.589. The first-order valence-electron chi connectivity index (χ1n) is 9.01. The highest BCUT2D eigenvalue weighted by atomic mass is 16.5. The van der Waals surface area contributed by atoms with E-state index in [0.717, 1.165) is 18.4 Å². The number of amides is 1. The van der Waals surface area contributed by atoms with Crippen LogP contribution in [0.4, 0.5) is 0 Å². The summed E-state index contributed by atoms with van der Waals surface area (Å²) in [6, 6.07) is 9.32. The number of benzene rings is 1. The Morgan fingerprint density at radius 1 is 1.22 bits per heavy atom. The lowest BCUT2D eigenvalue weighted by Crippen LogP contribution is -2.40. The largest absolute Gasteiger partial charge is 0.451 e. The maximum Gasteiger partial charge on any atom is 0.357 e. The van der Waals surface area contributed by atoms with Crippen LogP contribution in [0.5, 0.6) is 0 Å². The van der Waals surface area contributed by atoms with E-state index in [1.54, 1.807) is 17.9 Å². The Hall–Kier alpha value is -3.03. The molecule has 1 amide bonds. The lowest BCUT2D eigenvalue weighted by atomic mass is 9.99. The molecule has 2 aromatic rings. The Balaban J connectivity index is 1.71. The van der Waals surface area contributed by atoms with Gasteiger partial charge in [0.1, 0.15) is 0 Å². The Labute approximate surface area is 157 Å². The average Bonchev–Trinajstić information content (AvgIpc) is 3.11. The van der Waals surface area contributed by atoms with Gasteiger partial charge in [0.25, 0.3) is 5.91 Å². The molecule has 0 saturated carbocycles. The van der Waals surface area contributed by atoms with Gasteiger partial charge in [-0.15, -0.1) is 5.10 Å². The molecular formula is C19H23N5O3. The van der Waals surface area contributed by atoms with Crippen LogP contribution in [0.2, 0.25) is 0 Å². The van der Waals surface area contributed by atoms with Gasteiger partial charge in [-0.3, -0.25) is 4.79 Å². The minimum Gasteiger partial charge on any atom is -0.451 e. The number of ether oxygens (including phenoxy) is 1. The molecule has 3 rings (SSSR count). The maximum absolute atomic E-state index is 12.7. The Morgan fingerprint density at radius 2 is 1.93 bits per heavy atom. The van der Waals surface area contributed by atoms with Gasteiger partial charge in [-0.2, -0.15) is 4.68 Å². The van der Waals surface area contributed by atoms with Crippen molar-refractivity contribution >= 4 is 23.6 Å².